The number of benzene rings is 1. The van der Waals surface area contributed by atoms with Gasteiger partial charge in [0, 0.05) is 5.56 Å². The Morgan fingerprint density at radius 1 is 1.14 bits per heavy atom. The van der Waals surface area contributed by atoms with Crippen LogP contribution >= 0.6 is 22.6 Å². The maximum Gasteiger partial charge on any atom is 0.161 e. The number of nitrogens with zero attached hydrogens (tertiary/aromatic N) is 2. The fourth-order valence-electron chi connectivity index (χ4n) is 2.31. The Balaban J connectivity index is 2.33. The highest BCUT2D eigenvalue weighted by molar-refractivity contribution is 14.1. The topological polar surface area (TPSA) is 51.8 Å². The second-order valence-corrected chi connectivity index (χ2v) is 6.82. The summed E-state index contributed by atoms with van der Waals surface area (Å²) in [6, 6.07) is 8.50. The first-order valence-electron chi connectivity index (χ1n) is 7.42. The van der Waals surface area contributed by atoms with Crippen molar-refractivity contribution in [2.75, 3.05) is 5.73 Å². The van der Waals surface area contributed by atoms with Crippen LogP contribution < -0.4 is 5.73 Å². The quantitative estimate of drug-likeness (QED) is 0.760. The minimum atomic E-state index is 0.579. The molecule has 0 amide bonds. The maximum atomic E-state index is 6.03. The first-order chi connectivity index (χ1) is 10.0. The summed E-state index contributed by atoms with van der Waals surface area (Å²) in [6.07, 6.45) is 3.08. The predicted octanol–water partition coefficient (Wildman–Crippen LogP) is 4.48. The van der Waals surface area contributed by atoms with Crippen molar-refractivity contribution < 1.29 is 0 Å². The van der Waals surface area contributed by atoms with E-state index in [9.17, 15) is 0 Å². The van der Waals surface area contributed by atoms with E-state index in [0.29, 0.717) is 11.7 Å². The molecule has 112 valence electrons. The van der Waals surface area contributed by atoms with Gasteiger partial charge in [0.25, 0.3) is 0 Å². The summed E-state index contributed by atoms with van der Waals surface area (Å²) in [4.78, 5) is 9.12. The molecule has 0 unspecified atom stereocenters. The zero-order valence-corrected chi connectivity index (χ0v) is 15.0. The van der Waals surface area contributed by atoms with Crippen molar-refractivity contribution >= 4 is 28.4 Å². The number of anilines is 1. The summed E-state index contributed by atoms with van der Waals surface area (Å²) in [5.74, 6) is 1.97. The highest BCUT2D eigenvalue weighted by Crippen LogP contribution is 2.23. The van der Waals surface area contributed by atoms with E-state index in [4.69, 9.17) is 5.73 Å². The van der Waals surface area contributed by atoms with E-state index in [1.807, 2.05) is 0 Å². The molecule has 0 saturated heterocycles. The molecule has 0 aliphatic rings. The average molecular weight is 395 g/mol. The Labute approximate surface area is 140 Å². The molecule has 0 aliphatic heterocycles. The molecule has 1 heterocycles. The summed E-state index contributed by atoms with van der Waals surface area (Å²) < 4.78 is 0.981. The molecule has 0 spiro atoms. The average Bonchev–Trinajstić information content (AvgIpc) is 2.44. The Bertz CT molecular complexity index is 606. The van der Waals surface area contributed by atoms with Crippen LogP contribution in [0.3, 0.4) is 0 Å². The van der Waals surface area contributed by atoms with Gasteiger partial charge in [-0.05, 0) is 46.9 Å². The second kappa shape index (κ2) is 7.20. The van der Waals surface area contributed by atoms with Gasteiger partial charge in [-0.15, -0.1) is 0 Å². The molecule has 0 bridgehead atoms. The van der Waals surface area contributed by atoms with Gasteiger partial charge in [0.1, 0.15) is 5.82 Å². The zero-order valence-electron chi connectivity index (χ0n) is 12.9. The van der Waals surface area contributed by atoms with Crippen LogP contribution in [0.2, 0.25) is 0 Å². The molecule has 0 radical (unpaired) electrons. The van der Waals surface area contributed by atoms with Crippen LogP contribution in [0.4, 0.5) is 5.82 Å². The van der Waals surface area contributed by atoms with Gasteiger partial charge in [0.05, 0.1) is 9.26 Å². The van der Waals surface area contributed by atoms with E-state index in [2.05, 4.69) is 77.6 Å². The van der Waals surface area contributed by atoms with Crippen molar-refractivity contribution in [2.45, 2.75) is 40.0 Å². The van der Waals surface area contributed by atoms with Crippen LogP contribution in [0.25, 0.3) is 11.4 Å². The summed E-state index contributed by atoms with van der Waals surface area (Å²) >= 11 is 2.23. The SMILES string of the molecule is CCCc1nc(-c2ccc(CC(C)C)cc2)nc(N)c1I. The van der Waals surface area contributed by atoms with Crippen molar-refractivity contribution in [3.05, 3.63) is 39.1 Å². The zero-order chi connectivity index (χ0) is 15.4. The lowest BCUT2D eigenvalue weighted by Gasteiger charge is -2.09. The van der Waals surface area contributed by atoms with Gasteiger partial charge in [-0.3, -0.25) is 0 Å². The third kappa shape index (κ3) is 4.15. The number of hydrogen-bond acceptors (Lipinski definition) is 3. The molecule has 2 aromatic rings. The number of aromatic nitrogens is 2. The van der Waals surface area contributed by atoms with E-state index < -0.39 is 0 Å². The van der Waals surface area contributed by atoms with Crippen LogP contribution in [0.1, 0.15) is 38.4 Å². The first kappa shape index (κ1) is 16.2. The Morgan fingerprint density at radius 3 is 2.38 bits per heavy atom. The largest absolute Gasteiger partial charge is 0.383 e. The summed E-state index contributed by atoms with van der Waals surface area (Å²) in [5, 5.41) is 0. The third-order valence-electron chi connectivity index (χ3n) is 3.29. The van der Waals surface area contributed by atoms with Gasteiger partial charge in [-0.1, -0.05) is 51.5 Å². The van der Waals surface area contributed by atoms with Crippen LogP contribution in [-0.2, 0) is 12.8 Å². The number of hydrogen-bond donors (Lipinski definition) is 1. The van der Waals surface area contributed by atoms with Crippen molar-refractivity contribution in [3.8, 4) is 11.4 Å². The van der Waals surface area contributed by atoms with E-state index in [1.165, 1.54) is 5.56 Å². The molecular formula is C17H22IN3. The maximum absolute atomic E-state index is 6.03. The molecular weight excluding hydrogens is 373 g/mol. The van der Waals surface area contributed by atoms with Gasteiger partial charge in [-0.2, -0.15) is 0 Å². The highest BCUT2D eigenvalue weighted by Gasteiger charge is 2.11. The van der Waals surface area contributed by atoms with Gasteiger partial charge >= 0.3 is 0 Å². The molecule has 2 N–H and O–H groups in total. The summed E-state index contributed by atoms with van der Waals surface area (Å²) in [7, 11) is 0. The van der Waals surface area contributed by atoms with E-state index in [1.54, 1.807) is 0 Å². The van der Waals surface area contributed by atoms with E-state index in [0.717, 1.165) is 39.9 Å². The van der Waals surface area contributed by atoms with Crippen LogP contribution in [0.15, 0.2) is 24.3 Å². The molecule has 4 heteroatoms. The van der Waals surface area contributed by atoms with Crippen molar-refractivity contribution in [1.29, 1.82) is 0 Å². The monoisotopic (exact) mass is 395 g/mol. The lowest BCUT2D eigenvalue weighted by molar-refractivity contribution is 0.647. The number of aryl methyl sites for hydroxylation is 1. The Hall–Kier alpha value is -1.17. The lowest BCUT2D eigenvalue weighted by atomic mass is 10.0. The number of nitrogen functional groups attached to an aromatic ring is 1. The van der Waals surface area contributed by atoms with Gasteiger partial charge < -0.3 is 5.73 Å². The van der Waals surface area contributed by atoms with E-state index >= 15 is 0 Å². The normalized spacial score (nSPS) is 11.1. The molecule has 0 atom stereocenters. The molecule has 0 aliphatic carbocycles. The molecule has 2 rings (SSSR count). The van der Waals surface area contributed by atoms with Crippen molar-refractivity contribution in [2.24, 2.45) is 5.92 Å². The molecule has 1 aromatic carbocycles. The summed E-state index contributed by atoms with van der Waals surface area (Å²) in [5.41, 5.74) is 9.45. The van der Waals surface area contributed by atoms with Crippen LogP contribution in [-0.4, -0.2) is 9.97 Å². The Morgan fingerprint density at radius 2 is 1.81 bits per heavy atom. The van der Waals surface area contributed by atoms with E-state index in [-0.39, 0.29) is 0 Å². The predicted molar refractivity (Wildman–Crippen MR) is 97.1 cm³/mol. The molecule has 3 nitrogen and oxygen atoms in total. The Kier molecular flexibility index (Phi) is 5.56. The number of halogens is 1. The van der Waals surface area contributed by atoms with Crippen LogP contribution in [0.5, 0.6) is 0 Å². The minimum Gasteiger partial charge on any atom is -0.383 e. The second-order valence-electron chi connectivity index (χ2n) is 5.74. The fraction of sp³-hybridized carbons (Fsp3) is 0.412. The minimum absolute atomic E-state index is 0.579. The number of rotatable bonds is 5. The molecule has 0 fully saturated rings. The smallest absolute Gasteiger partial charge is 0.161 e. The van der Waals surface area contributed by atoms with Gasteiger partial charge in [0.15, 0.2) is 5.82 Å². The molecule has 1 aromatic heterocycles. The highest BCUT2D eigenvalue weighted by atomic mass is 127. The van der Waals surface area contributed by atoms with Gasteiger partial charge in [-0.25, -0.2) is 9.97 Å². The molecule has 21 heavy (non-hydrogen) atoms. The lowest BCUT2D eigenvalue weighted by Crippen LogP contribution is -2.05. The third-order valence-corrected chi connectivity index (χ3v) is 4.46. The fourth-order valence-corrected chi connectivity index (χ4v) is 2.82. The van der Waals surface area contributed by atoms with Gasteiger partial charge in [0.2, 0.25) is 0 Å². The molecule has 0 saturated carbocycles. The summed E-state index contributed by atoms with van der Waals surface area (Å²) in [6.45, 7) is 6.61. The van der Waals surface area contributed by atoms with Crippen LogP contribution in [0, 0.1) is 9.49 Å². The first-order valence-corrected chi connectivity index (χ1v) is 8.50. The van der Waals surface area contributed by atoms with Crippen molar-refractivity contribution in [1.82, 2.24) is 9.97 Å². The number of nitrogens with two attached hydrogens (primary N) is 1. The van der Waals surface area contributed by atoms with Crippen molar-refractivity contribution in [3.63, 3.8) is 0 Å². The standard InChI is InChI=1S/C17H22IN3/c1-4-5-14-15(18)16(19)21-17(20-14)13-8-6-12(7-9-13)10-11(2)3/h6-9,11H,4-5,10H2,1-3H3,(H2,19,20,21).